The Morgan fingerprint density at radius 2 is 1.64 bits per heavy atom. The van der Waals surface area contributed by atoms with Crippen LogP contribution in [-0.4, -0.2) is 44.4 Å². The molecule has 0 unspecified atom stereocenters. The third kappa shape index (κ3) is 3.87. The molecule has 7 heteroatoms. The van der Waals surface area contributed by atoms with Crippen molar-refractivity contribution < 1.29 is 14.2 Å². The van der Waals surface area contributed by atoms with Gasteiger partial charge in [0, 0.05) is 37.1 Å². The lowest BCUT2D eigenvalue weighted by atomic mass is 10.1. The second-order valence-corrected chi connectivity index (χ2v) is 5.83. The number of nitrogens with one attached hydrogen (secondary N) is 1. The zero-order valence-corrected chi connectivity index (χ0v) is 14.9. The number of hydrogen-bond donors (Lipinski definition) is 1. The van der Waals surface area contributed by atoms with Crippen LogP contribution >= 0.6 is 0 Å². The van der Waals surface area contributed by atoms with Gasteiger partial charge in [0.2, 0.25) is 11.7 Å². The van der Waals surface area contributed by atoms with E-state index >= 15 is 0 Å². The molecule has 1 aromatic heterocycles. The van der Waals surface area contributed by atoms with Gasteiger partial charge in [-0.25, -0.2) is 4.98 Å². The van der Waals surface area contributed by atoms with E-state index in [0.717, 1.165) is 24.6 Å². The number of benzene rings is 1. The zero-order valence-electron chi connectivity index (χ0n) is 14.9. The van der Waals surface area contributed by atoms with Crippen molar-refractivity contribution in [3.8, 4) is 17.2 Å². The molecule has 1 fully saturated rings. The molecule has 1 aliphatic rings. The van der Waals surface area contributed by atoms with Crippen molar-refractivity contribution in [1.82, 2.24) is 9.97 Å². The fourth-order valence-corrected chi connectivity index (χ4v) is 2.99. The van der Waals surface area contributed by atoms with Crippen LogP contribution in [0.3, 0.4) is 0 Å². The van der Waals surface area contributed by atoms with Crippen molar-refractivity contribution in [3.05, 3.63) is 24.4 Å². The number of hydrogen-bond acceptors (Lipinski definition) is 7. The number of nitrogens with zero attached hydrogens (tertiary/aromatic N) is 3. The molecular weight excluding hydrogens is 320 g/mol. The van der Waals surface area contributed by atoms with E-state index in [4.69, 9.17) is 14.2 Å². The molecule has 134 valence electrons. The average molecular weight is 344 g/mol. The monoisotopic (exact) mass is 344 g/mol. The molecule has 0 saturated carbocycles. The predicted octanol–water partition coefficient (Wildman–Crippen LogP) is 3.24. The molecule has 0 amide bonds. The molecule has 25 heavy (non-hydrogen) atoms. The lowest BCUT2D eigenvalue weighted by molar-refractivity contribution is 0.324. The van der Waals surface area contributed by atoms with E-state index in [-0.39, 0.29) is 0 Å². The largest absolute Gasteiger partial charge is 0.493 e. The number of anilines is 3. The van der Waals surface area contributed by atoms with Crippen LogP contribution in [0.1, 0.15) is 19.3 Å². The van der Waals surface area contributed by atoms with Crippen molar-refractivity contribution in [3.63, 3.8) is 0 Å². The van der Waals surface area contributed by atoms with E-state index in [2.05, 4.69) is 20.2 Å². The Bertz CT molecular complexity index is 692. The van der Waals surface area contributed by atoms with E-state index in [9.17, 15) is 0 Å². The summed E-state index contributed by atoms with van der Waals surface area (Å²) >= 11 is 0. The number of methoxy groups -OCH3 is 3. The van der Waals surface area contributed by atoms with Gasteiger partial charge in [-0.1, -0.05) is 0 Å². The predicted molar refractivity (Wildman–Crippen MR) is 97.5 cm³/mol. The summed E-state index contributed by atoms with van der Waals surface area (Å²) in [6.45, 7) is 2.08. The minimum absolute atomic E-state index is 0.539. The van der Waals surface area contributed by atoms with E-state index in [1.165, 1.54) is 19.3 Å². The SMILES string of the molecule is COc1cc(Nc2nccc(N3CCCCC3)n2)cc(OC)c1OC. The first-order chi connectivity index (χ1) is 12.2. The highest BCUT2D eigenvalue weighted by molar-refractivity contribution is 5.66. The van der Waals surface area contributed by atoms with Gasteiger partial charge in [0.05, 0.1) is 21.3 Å². The molecule has 1 aromatic carbocycles. The summed E-state index contributed by atoms with van der Waals surface area (Å²) in [7, 11) is 4.77. The Morgan fingerprint density at radius 3 is 2.24 bits per heavy atom. The molecule has 0 atom stereocenters. The molecule has 1 saturated heterocycles. The van der Waals surface area contributed by atoms with Gasteiger partial charge in [-0.15, -0.1) is 0 Å². The van der Waals surface area contributed by atoms with E-state index in [1.54, 1.807) is 27.5 Å². The van der Waals surface area contributed by atoms with Gasteiger partial charge in [-0.2, -0.15) is 4.98 Å². The molecule has 0 aliphatic carbocycles. The topological polar surface area (TPSA) is 68.7 Å². The van der Waals surface area contributed by atoms with Crippen molar-refractivity contribution in [2.75, 3.05) is 44.6 Å². The molecule has 0 bridgehead atoms. The lowest BCUT2D eigenvalue weighted by Crippen LogP contribution is -2.30. The molecule has 2 heterocycles. The lowest BCUT2D eigenvalue weighted by Gasteiger charge is -2.27. The van der Waals surface area contributed by atoms with Gasteiger partial charge in [0.15, 0.2) is 11.5 Å². The highest BCUT2D eigenvalue weighted by Gasteiger charge is 2.15. The Hall–Kier alpha value is -2.70. The standard InChI is InChI=1S/C18H24N4O3/c1-23-14-11-13(12-15(24-2)17(14)25-3)20-18-19-8-7-16(21-18)22-9-5-4-6-10-22/h7-8,11-12H,4-6,9-10H2,1-3H3,(H,19,20,21). The van der Waals surface area contributed by atoms with Crippen molar-refractivity contribution in [2.45, 2.75) is 19.3 Å². The second-order valence-electron chi connectivity index (χ2n) is 5.83. The first-order valence-corrected chi connectivity index (χ1v) is 8.40. The van der Waals surface area contributed by atoms with Crippen molar-refractivity contribution in [2.24, 2.45) is 0 Å². The molecule has 2 aromatic rings. The van der Waals surface area contributed by atoms with E-state index < -0.39 is 0 Å². The van der Waals surface area contributed by atoms with Crippen molar-refractivity contribution >= 4 is 17.5 Å². The maximum atomic E-state index is 5.38. The summed E-state index contributed by atoms with van der Waals surface area (Å²) in [5.41, 5.74) is 0.769. The van der Waals surface area contributed by atoms with Gasteiger partial charge in [0.1, 0.15) is 5.82 Å². The molecule has 1 N–H and O–H groups in total. The van der Waals surface area contributed by atoms with Crippen LogP contribution in [0.25, 0.3) is 0 Å². The summed E-state index contributed by atoms with van der Waals surface area (Å²) in [5.74, 6) is 3.20. The number of ether oxygens (including phenoxy) is 3. The normalized spacial score (nSPS) is 14.1. The van der Waals surface area contributed by atoms with E-state index in [1.807, 2.05) is 18.2 Å². The smallest absolute Gasteiger partial charge is 0.229 e. The first kappa shape index (κ1) is 17.1. The highest BCUT2D eigenvalue weighted by Crippen LogP contribution is 2.40. The third-order valence-electron chi connectivity index (χ3n) is 4.24. The van der Waals surface area contributed by atoms with Crippen LogP contribution in [0.15, 0.2) is 24.4 Å². The van der Waals surface area contributed by atoms with Crippen LogP contribution in [0, 0.1) is 0 Å². The molecule has 3 rings (SSSR count). The summed E-state index contributed by atoms with van der Waals surface area (Å²) in [6, 6.07) is 5.61. The highest BCUT2D eigenvalue weighted by atomic mass is 16.5. The number of aromatic nitrogens is 2. The summed E-state index contributed by atoms with van der Waals surface area (Å²) in [5, 5.41) is 3.22. The van der Waals surface area contributed by atoms with Crippen LogP contribution in [0.2, 0.25) is 0 Å². The Kier molecular flexibility index (Phi) is 5.42. The average Bonchev–Trinajstić information content (AvgIpc) is 2.68. The molecule has 0 radical (unpaired) electrons. The summed E-state index contributed by atoms with van der Waals surface area (Å²) < 4.78 is 16.1. The molecule has 1 aliphatic heterocycles. The Balaban J connectivity index is 1.84. The zero-order chi connectivity index (χ0) is 17.6. The third-order valence-corrected chi connectivity index (χ3v) is 4.24. The van der Waals surface area contributed by atoms with Gasteiger partial charge in [-0.05, 0) is 25.3 Å². The maximum absolute atomic E-state index is 5.38. The van der Waals surface area contributed by atoms with Gasteiger partial charge >= 0.3 is 0 Å². The van der Waals surface area contributed by atoms with Crippen LogP contribution < -0.4 is 24.4 Å². The minimum atomic E-state index is 0.539. The molecule has 7 nitrogen and oxygen atoms in total. The van der Waals surface area contributed by atoms with Gasteiger partial charge in [-0.3, -0.25) is 0 Å². The Labute approximate surface area is 147 Å². The second kappa shape index (κ2) is 7.92. The fraction of sp³-hybridized carbons (Fsp3) is 0.444. The maximum Gasteiger partial charge on any atom is 0.229 e. The first-order valence-electron chi connectivity index (χ1n) is 8.40. The summed E-state index contributed by atoms with van der Waals surface area (Å²) in [6.07, 6.45) is 5.48. The van der Waals surface area contributed by atoms with Gasteiger partial charge in [0.25, 0.3) is 0 Å². The molecular formula is C18H24N4O3. The van der Waals surface area contributed by atoms with Crippen LogP contribution in [0.5, 0.6) is 17.2 Å². The van der Waals surface area contributed by atoms with Crippen LogP contribution in [0.4, 0.5) is 17.5 Å². The fourth-order valence-electron chi connectivity index (χ4n) is 2.99. The Morgan fingerprint density at radius 1 is 0.960 bits per heavy atom. The van der Waals surface area contributed by atoms with Crippen molar-refractivity contribution in [1.29, 1.82) is 0 Å². The quantitative estimate of drug-likeness (QED) is 0.863. The van der Waals surface area contributed by atoms with E-state index in [0.29, 0.717) is 23.2 Å². The summed E-state index contributed by atoms with van der Waals surface area (Å²) in [4.78, 5) is 11.3. The number of rotatable bonds is 6. The minimum Gasteiger partial charge on any atom is -0.493 e. The molecule has 0 spiro atoms. The van der Waals surface area contributed by atoms with Gasteiger partial charge < -0.3 is 24.4 Å². The van der Waals surface area contributed by atoms with Crippen LogP contribution in [-0.2, 0) is 0 Å². The number of piperidine rings is 1.